The second-order valence-corrected chi connectivity index (χ2v) is 7.40. The lowest BCUT2D eigenvalue weighted by molar-refractivity contribution is -0.132. The molecule has 2 aliphatic carbocycles. The fourth-order valence-corrected chi connectivity index (χ4v) is 3.76. The highest BCUT2D eigenvalue weighted by molar-refractivity contribution is 5.85. The van der Waals surface area contributed by atoms with Gasteiger partial charge in [-0.05, 0) is 56.9 Å². The van der Waals surface area contributed by atoms with Crippen LogP contribution in [0.15, 0.2) is 0 Å². The highest BCUT2D eigenvalue weighted by atomic mass is 35.5. The van der Waals surface area contributed by atoms with E-state index in [9.17, 15) is 4.79 Å². The minimum absolute atomic E-state index is 0. The third-order valence-electron chi connectivity index (χ3n) is 5.57. The zero-order chi connectivity index (χ0) is 14.7. The Balaban J connectivity index is 0.00000132. The van der Waals surface area contributed by atoms with Crippen LogP contribution in [0, 0.1) is 11.8 Å². The molecule has 1 aliphatic heterocycles. The van der Waals surface area contributed by atoms with E-state index in [1.165, 1.54) is 38.5 Å². The Hall–Kier alpha value is -0.0300. The fourth-order valence-electron chi connectivity index (χ4n) is 3.76. The first-order valence-corrected chi connectivity index (χ1v) is 8.95. The van der Waals surface area contributed by atoms with Gasteiger partial charge in [0.25, 0.3) is 0 Å². The van der Waals surface area contributed by atoms with Gasteiger partial charge in [0.15, 0.2) is 0 Å². The van der Waals surface area contributed by atoms with Gasteiger partial charge in [-0.3, -0.25) is 9.69 Å². The van der Waals surface area contributed by atoms with Crippen molar-refractivity contribution in [2.24, 2.45) is 11.8 Å². The summed E-state index contributed by atoms with van der Waals surface area (Å²) in [5.41, 5.74) is 0. The van der Waals surface area contributed by atoms with Crippen molar-refractivity contribution in [1.82, 2.24) is 15.1 Å². The number of nitrogens with zero attached hydrogens (tertiary/aromatic N) is 2. The second-order valence-electron chi connectivity index (χ2n) is 7.40. The predicted octanol–water partition coefficient (Wildman–Crippen LogP) is 2.55. The molecule has 0 aromatic carbocycles. The summed E-state index contributed by atoms with van der Waals surface area (Å²) in [6, 6.07) is 0.784. The zero-order valence-electron chi connectivity index (χ0n) is 14.3. The van der Waals surface area contributed by atoms with Crippen molar-refractivity contribution in [3.63, 3.8) is 0 Å². The molecular formula is C17H33Cl2N3O. The summed E-state index contributed by atoms with van der Waals surface area (Å²) in [6.45, 7) is 7.96. The van der Waals surface area contributed by atoms with Gasteiger partial charge < -0.3 is 10.2 Å². The molecule has 6 heteroatoms. The number of nitrogens with one attached hydrogen (secondary N) is 1. The number of rotatable bonds is 5. The van der Waals surface area contributed by atoms with Crippen LogP contribution in [0.4, 0.5) is 0 Å². The number of hydrogen-bond donors (Lipinski definition) is 1. The molecule has 23 heavy (non-hydrogen) atoms. The number of carbonyl (C=O) groups is 1. The van der Waals surface area contributed by atoms with Crippen molar-refractivity contribution < 1.29 is 4.79 Å². The van der Waals surface area contributed by atoms with Gasteiger partial charge in [-0.1, -0.05) is 6.92 Å². The van der Waals surface area contributed by atoms with E-state index >= 15 is 0 Å². The van der Waals surface area contributed by atoms with E-state index in [1.807, 2.05) is 0 Å². The Kier molecular flexibility index (Phi) is 9.20. The molecule has 1 saturated heterocycles. The Morgan fingerprint density at radius 1 is 0.957 bits per heavy atom. The molecule has 0 radical (unpaired) electrons. The summed E-state index contributed by atoms with van der Waals surface area (Å²) >= 11 is 0. The summed E-state index contributed by atoms with van der Waals surface area (Å²) < 4.78 is 0. The molecule has 3 rings (SSSR count). The summed E-state index contributed by atoms with van der Waals surface area (Å²) in [5, 5.41) is 3.32. The first-order valence-electron chi connectivity index (χ1n) is 8.95. The van der Waals surface area contributed by atoms with Crippen LogP contribution in [0.25, 0.3) is 0 Å². The molecule has 4 nitrogen and oxygen atoms in total. The molecule has 0 aromatic heterocycles. The second kappa shape index (κ2) is 10.1. The highest BCUT2D eigenvalue weighted by Gasteiger charge is 2.28. The highest BCUT2D eigenvalue weighted by Crippen LogP contribution is 2.28. The van der Waals surface area contributed by atoms with Crippen molar-refractivity contribution in [3.8, 4) is 0 Å². The van der Waals surface area contributed by atoms with Crippen molar-refractivity contribution in [1.29, 1.82) is 0 Å². The summed E-state index contributed by atoms with van der Waals surface area (Å²) in [7, 11) is 0. The van der Waals surface area contributed by atoms with E-state index < -0.39 is 0 Å². The molecule has 1 heterocycles. The van der Waals surface area contributed by atoms with E-state index in [4.69, 9.17) is 0 Å². The first kappa shape index (κ1) is 21.0. The minimum atomic E-state index is 0. The van der Waals surface area contributed by atoms with E-state index in [0.29, 0.717) is 12.5 Å². The van der Waals surface area contributed by atoms with Crippen molar-refractivity contribution in [2.45, 2.75) is 51.5 Å². The summed E-state index contributed by atoms with van der Waals surface area (Å²) in [4.78, 5) is 16.9. The summed E-state index contributed by atoms with van der Waals surface area (Å²) in [5.74, 6) is 2.07. The van der Waals surface area contributed by atoms with Gasteiger partial charge in [0.2, 0.25) is 5.91 Å². The van der Waals surface area contributed by atoms with Gasteiger partial charge in [-0.2, -0.15) is 0 Å². The Morgan fingerprint density at radius 2 is 1.57 bits per heavy atom. The molecule has 0 atom stereocenters. The number of hydrogen-bond acceptors (Lipinski definition) is 3. The molecule has 0 unspecified atom stereocenters. The number of carbonyl (C=O) groups excluding carboxylic acids is 1. The van der Waals surface area contributed by atoms with Crippen molar-refractivity contribution in [3.05, 3.63) is 0 Å². The molecule has 0 aromatic rings. The summed E-state index contributed by atoms with van der Waals surface area (Å²) in [6.07, 6.45) is 8.18. The van der Waals surface area contributed by atoms with Gasteiger partial charge in [0, 0.05) is 32.2 Å². The maximum Gasteiger partial charge on any atom is 0.236 e. The van der Waals surface area contributed by atoms with E-state index in [2.05, 4.69) is 22.0 Å². The van der Waals surface area contributed by atoms with E-state index in [0.717, 1.165) is 50.6 Å². The SMILES string of the molecule is CC1CCC(N2CCN(C(=O)CNCC3CC3)CC2)CC1.Cl.Cl. The maximum atomic E-state index is 12.2. The predicted molar refractivity (Wildman–Crippen MR) is 99.7 cm³/mol. The lowest BCUT2D eigenvalue weighted by Crippen LogP contribution is -2.54. The number of piperazine rings is 1. The van der Waals surface area contributed by atoms with Crippen LogP contribution < -0.4 is 5.32 Å². The third kappa shape index (κ3) is 6.41. The molecule has 136 valence electrons. The lowest BCUT2D eigenvalue weighted by Gasteiger charge is -2.41. The van der Waals surface area contributed by atoms with Gasteiger partial charge in [0.05, 0.1) is 6.54 Å². The average molecular weight is 366 g/mol. The van der Waals surface area contributed by atoms with Gasteiger partial charge >= 0.3 is 0 Å². The zero-order valence-corrected chi connectivity index (χ0v) is 16.0. The van der Waals surface area contributed by atoms with Gasteiger partial charge in [-0.15, -0.1) is 24.8 Å². The van der Waals surface area contributed by atoms with Crippen LogP contribution >= 0.6 is 24.8 Å². The van der Waals surface area contributed by atoms with Crippen LogP contribution in [-0.2, 0) is 4.79 Å². The molecule has 1 N–H and O–H groups in total. The standard InChI is InChI=1S/C17H31N3O.2ClH/c1-14-2-6-16(7-3-14)19-8-10-20(11-9-19)17(21)13-18-12-15-4-5-15;;/h14-16,18H,2-13H2,1H3;2*1H. The Labute approximate surface area is 153 Å². The topological polar surface area (TPSA) is 35.6 Å². The quantitative estimate of drug-likeness (QED) is 0.812. The molecule has 1 amide bonds. The molecule has 2 saturated carbocycles. The van der Waals surface area contributed by atoms with E-state index in [-0.39, 0.29) is 24.8 Å². The Morgan fingerprint density at radius 3 is 2.13 bits per heavy atom. The van der Waals surface area contributed by atoms with Gasteiger partial charge in [0.1, 0.15) is 0 Å². The third-order valence-corrected chi connectivity index (χ3v) is 5.57. The lowest BCUT2D eigenvalue weighted by atomic mass is 9.86. The largest absolute Gasteiger partial charge is 0.339 e. The number of amides is 1. The average Bonchev–Trinajstić information content (AvgIpc) is 3.32. The fraction of sp³-hybridized carbons (Fsp3) is 0.941. The van der Waals surface area contributed by atoms with Crippen LogP contribution in [0.5, 0.6) is 0 Å². The smallest absolute Gasteiger partial charge is 0.236 e. The molecule has 0 bridgehead atoms. The Bertz CT molecular complexity index is 350. The van der Waals surface area contributed by atoms with Crippen LogP contribution in [0.3, 0.4) is 0 Å². The van der Waals surface area contributed by atoms with Crippen LogP contribution in [0.1, 0.15) is 45.4 Å². The molecular weight excluding hydrogens is 333 g/mol. The maximum absolute atomic E-state index is 12.2. The number of halogens is 2. The van der Waals surface area contributed by atoms with Crippen LogP contribution in [-0.4, -0.2) is 61.0 Å². The molecule has 3 fully saturated rings. The normalized spacial score (nSPS) is 28.7. The van der Waals surface area contributed by atoms with Crippen LogP contribution in [0.2, 0.25) is 0 Å². The van der Waals surface area contributed by atoms with E-state index in [1.54, 1.807) is 0 Å². The minimum Gasteiger partial charge on any atom is -0.339 e. The monoisotopic (exact) mass is 365 g/mol. The van der Waals surface area contributed by atoms with Crippen molar-refractivity contribution >= 4 is 30.7 Å². The van der Waals surface area contributed by atoms with Gasteiger partial charge in [-0.25, -0.2) is 0 Å². The van der Waals surface area contributed by atoms with Crippen molar-refractivity contribution in [2.75, 3.05) is 39.3 Å². The molecule has 0 spiro atoms. The first-order chi connectivity index (χ1) is 10.2. The molecule has 3 aliphatic rings.